The SMILES string of the molecule is CC(O)C1CCN(CC(=O)c2coc3ccccc23)CC1. The van der Waals surface area contributed by atoms with Crippen LogP contribution in [0.3, 0.4) is 0 Å². The van der Waals surface area contributed by atoms with Crippen LogP contribution in [0.15, 0.2) is 34.9 Å². The molecule has 112 valence electrons. The average molecular weight is 287 g/mol. The predicted octanol–water partition coefficient (Wildman–Crippen LogP) is 2.71. The minimum absolute atomic E-state index is 0.107. The number of furan rings is 1. The number of nitrogens with zero attached hydrogens (tertiary/aromatic N) is 1. The maximum atomic E-state index is 12.5. The third-order valence-corrected chi connectivity index (χ3v) is 4.46. The van der Waals surface area contributed by atoms with Crippen LogP contribution in [0.25, 0.3) is 11.0 Å². The number of likely N-dealkylation sites (tertiary alicyclic amines) is 1. The van der Waals surface area contributed by atoms with E-state index in [1.807, 2.05) is 31.2 Å². The Balaban J connectivity index is 1.65. The van der Waals surface area contributed by atoms with Gasteiger partial charge in [-0.1, -0.05) is 18.2 Å². The second-order valence-corrected chi connectivity index (χ2v) is 5.92. The minimum Gasteiger partial charge on any atom is -0.464 e. The van der Waals surface area contributed by atoms with Crippen molar-refractivity contribution in [2.45, 2.75) is 25.9 Å². The Morgan fingerprint density at radius 3 is 2.81 bits per heavy atom. The zero-order chi connectivity index (χ0) is 14.8. The van der Waals surface area contributed by atoms with Gasteiger partial charge in [-0.2, -0.15) is 0 Å². The summed E-state index contributed by atoms with van der Waals surface area (Å²) in [5.41, 5.74) is 1.43. The predicted molar refractivity (Wildman–Crippen MR) is 81.4 cm³/mol. The highest BCUT2D eigenvalue weighted by Gasteiger charge is 2.24. The first-order chi connectivity index (χ1) is 10.1. The largest absolute Gasteiger partial charge is 0.464 e. The monoisotopic (exact) mass is 287 g/mol. The summed E-state index contributed by atoms with van der Waals surface area (Å²) in [7, 11) is 0. The highest BCUT2D eigenvalue weighted by Crippen LogP contribution is 2.23. The molecular formula is C17H21NO3. The number of hydrogen-bond acceptors (Lipinski definition) is 4. The van der Waals surface area contributed by atoms with Crippen molar-refractivity contribution >= 4 is 16.8 Å². The molecule has 0 saturated carbocycles. The number of ketones is 1. The standard InChI is InChI=1S/C17H21NO3/c1-12(19)13-6-8-18(9-7-13)10-16(20)15-11-21-17-5-3-2-4-14(15)17/h2-5,11-13,19H,6-10H2,1H3. The van der Waals surface area contributed by atoms with Gasteiger partial charge in [-0.15, -0.1) is 0 Å². The van der Waals surface area contributed by atoms with Gasteiger partial charge in [0.2, 0.25) is 0 Å². The van der Waals surface area contributed by atoms with Crippen molar-refractivity contribution < 1.29 is 14.3 Å². The third kappa shape index (κ3) is 3.01. The van der Waals surface area contributed by atoms with E-state index in [2.05, 4.69) is 4.90 Å². The molecule has 1 aromatic carbocycles. The number of carbonyl (C=O) groups is 1. The van der Waals surface area contributed by atoms with E-state index in [0.29, 0.717) is 18.0 Å². The Bertz CT molecular complexity index is 624. The molecule has 2 aromatic rings. The summed E-state index contributed by atoms with van der Waals surface area (Å²) < 4.78 is 5.44. The van der Waals surface area contributed by atoms with Crippen LogP contribution in [-0.2, 0) is 0 Å². The highest BCUT2D eigenvalue weighted by atomic mass is 16.3. The van der Waals surface area contributed by atoms with E-state index in [0.717, 1.165) is 36.9 Å². The van der Waals surface area contributed by atoms with E-state index in [1.165, 1.54) is 0 Å². The van der Waals surface area contributed by atoms with E-state index in [9.17, 15) is 9.90 Å². The van der Waals surface area contributed by atoms with Crippen molar-refractivity contribution in [3.63, 3.8) is 0 Å². The van der Waals surface area contributed by atoms with Gasteiger partial charge in [0.25, 0.3) is 0 Å². The van der Waals surface area contributed by atoms with Crippen molar-refractivity contribution in [3.05, 3.63) is 36.1 Å². The molecule has 0 spiro atoms. The zero-order valence-electron chi connectivity index (χ0n) is 12.3. The fourth-order valence-corrected chi connectivity index (χ4v) is 3.08. The number of aliphatic hydroxyl groups is 1. The molecule has 1 fully saturated rings. The molecule has 4 nitrogen and oxygen atoms in total. The van der Waals surface area contributed by atoms with Crippen LogP contribution in [0.5, 0.6) is 0 Å². The number of fused-ring (bicyclic) bond motifs is 1. The van der Waals surface area contributed by atoms with E-state index >= 15 is 0 Å². The van der Waals surface area contributed by atoms with Crippen molar-refractivity contribution in [1.82, 2.24) is 4.90 Å². The second kappa shape index (κ2) is 6.00. The number of carbonyl (C=O) groups excluding carboxylic acids is 1. The molecule has 3 rings (SSSR count). The Kier molecular flexibility index (Phi) is 4.08. The fourth-order valence-electron chi connectivity index (χ4n) is 3.08. The van der Waals surface area contributed by atoms with Gasteiger partial charge in [0.15, 0.2) is 5.78 Å². The number of para-hydroxylation sites is 1. The fraction of sp³-hybridized carbons (Fsp3) is 0.471. The quantitative estimate of drug-likeness (QED) is 0.878. The molecule has 1 N–H and O–H groups in total. The normalized spacial score (nSPS) is 19.0. The molecule has 4 heteroatoms. The van der Waals surface area contributed by atoms with Crippen LogP contribution in [0.1, 0.15) is 30.1 Å². The Labute approximate surface area is 124 Å². The lowest BCUT2D eigenvalue weighted by atomic mass is 9.92. The summed E-state index contributed by atoms with van der Waals surface area (Å²) in [6, 6.07) is 7.62. The van der Waals surface area contributed by atoms with Crippen molar-refractivity contribution in [2.24, 2.45) is 5.92 Å². The molecule has 1 aromatic heterocycles. The van der Waals surface area contributed by atoms with Gasteiger partial charge in [0, 0.05) is 5.39 Å². The summed E-state index contributed by atoms with van der Waals surface area (Å²) in [6.07, 6.45) is 3.23. The summed E-state index contributed by atoms with van der Waals surface area (Å²) in [5.74, 6) is 0.474. The molecule has 1 atom stereocenters. The van der Waals surface area contributed by atoms with E-state index in [4.69, 9.17) is 4.42 Å². The average Bonchev–Trinajstić information content (AvgIpc) is 2.92. The van der Waals surface area contributed by atoms with Crippen LogP contribution >= 0.6 is 0 Å². The number of rotatable bonds is 4. The van der Waals surface area contributed by atoms with Gasteiger partial charge < -0.3 is 9.52 Å². The molecule has 1 aliphatic heterocycles. The minimum atomic E-state index is -0.249. The van der Waals surface area contributed by atoms with Crippen LogP contribution < -0.4 is 0 Å². The van der Waals surface area contributed by atoms with E-state index < -0.39 is 0 Å². The number of hydrogen-bond donors (Lipinski definition) is 1. The number of piperidine rings is 1. The molecule has 1 aliphatic rings. The summed E-state index contributed by atoms with van der Waals surface area (Å²) in [4.78, 5) is 14.6. The van der Waals surface area contributed by atoms with Gasteiger partial charge in [0.05, 0.1) is 18.2 Å². The summed E-state index contributed by atoms with van der Waals surface area (Å²) >= 11 is 0. The first-order valence-electron chi connectivity index (χ1n) is 7.55. The Morgan fingerprint density at radius 2 is 2.10 bits per heavy atom. The van der Waals surface area contributed by atoms with E-state index in [1.54, 1.807) is 6.26 Å². The lowest BCUT2D eigenvalue weighted by Gasteiger charge is -2.32. The van der Waals surface area contributed by atoms with Crippen LogP contribution in [0, 0.1) is 5.92 Å². The van der Waals surface area contributed by atoms with Crippen LogP contribution in [0.4, 0.5) is 0 Å². The van der Waals surface area contributed by atoms with Gasteiger partial charge in [0.1, 0.15) is 11.8 Å². The number of benzene rings is 1. The molecule has 2 heterocycles. The number of Topliss-reactive ketones (excluding diaryl/α,β-unsaturated/α-hetero) is 1. The molecule has 1 saturated heterocycles. The highest BCUT2D eigenvalue weighted by molar-refractivity contribution is 6.08. The first-order valence-corrected chi connectivity index (χ1v) is 7.55. The van der Waals surface area contributed by atoms with Crippen molar-refractivity contribution in [3.8, 4) is 0 Å². The molecule has 21 heavy (non-hydrogen) atoms. The maximum Gasteiger partial charge on any atom is 0.180 e. The first kappa shape index (κ1) is 14.3. The number of aliphatic hydroxyl groups excluding tert-OH is 1. The maximum absolute atomic E-state index is 12.5. The molecular weight excluding hydrogens is 266 g/mol. The van der Waals surface area contributed by atoms with Gasteiger partial charge in [-0.25, -0.2) is 0 Å². The molecule has 0 radical (unpaired) electrons. The second-order valence-electron chi connectivity index (χ2n) is 5.92. The van der Waals surface area contributed by atoms with Gasteiger partial charge in [-0.3, -0.25) is 9.69 Å². The van der Waals surface area contributed by atoms with Crippen LogP contribution in [0.2, 0.25) is 0 Å². The lowest BCUT2D eigenvalue weighted by molar-refractivity contribution is 0.0665. The molecule has 0 aliphatic carbocycles. The van der Waals surface area contributed by atoms with Crippen molar-refractivity contribution in [2.75, 3.05) is 19.6 Å². The topological polar surface area (TPSA) is 53.7 Å². The van der Waals surface area contributed by atoms with Gasteiger partial charge >= 0.3 is 0 Å². The lowest BCUT2D eigenvalue weighted by Crippen LogP contribution is -2.39. The third-order valence-electron chi connectivity index (χ3n) is 4.46. The molecule has 1 unspecified atom stereocenters. The molecule has 0 bridgehead atoms. The Hall–Kier alpha value is -1.65. The van der Waals surface area contributed by atoms with Crippen molar-refractivity contribution in [1.29, 1.82) is 0 Å². The summed E-state index contributed by atoms with van der Waals surface area (Å²) in [5, 5.41) is 10.5. The van der Waals surface area contributed by atoms with Gasteiger partial charge in [-0.05, 0) is 44.8 Å². The smallest absolute Gasteiger partial charge is 0.180 e. The zero-order valence-corrected chi connectivity index (χ0v) is 12.3. The van der Waals surface area contributed by atoms with Crippen LogP contribution in [-0.4, -0.2) is 41.5 Å². The Morgan fingerprint density at radius 1 is 1.38 bits per heavy atom. The van der Waals surface area contributed by atoms with E-state index in [-0.39, 0.29) is 11.9 Å². The molecule has 0 amide bonds. The summed E-state index contributed by atoms with van der Waals surface area (Å²) in [6.45, 7) is 4.02.